The van der Waals surface area contributed by atoms with Crippen molar-refractivity contribution < 1.29 is 8.82 Å². The van der Waals surface area contributed by atoms with Crippen LogP contribution < -0.4 is 0 Å². The molecule has 1 nitrogen and oxygen atoms in total. The fourth-order valence-corrected chi connectivity index (χ4v) is 4.30. The Hall–Kier alpha value is -0.193. The van der Waals surface area contributed by atoms with Gasteiger partial charge in [0.1, 0.15) is 5.82 Å². The Balaban J connectivity index is 2.37. The second kappa shape index (κ2) is 5.22. The third-order valence-corrected chi connectivity index (χ3v) is 9.69. The van der Waals surface area contributed by atoms with Crippen molar-refractivity contribution in [2.24, 2.45) is 5.92 Å². The molecule has 0 amide bonds. The van der Waals surface area contributed by atoms with Crippen molar-refractivity contribution >= 4 is 24.2 Å². The average molecular weight is 359 g/mol. The molecule has 0 aromatic heterocycles. The molecule has 0 bridgehead atoms. The topological polar surface area (TPSA) is 9.23 Å². The smallest absolute Gasteiger partial charge is 0.192 e. The molecule has 0 saturated carbocycles. The first-order valence-electron chi connectivity index (χ1n) is 7.18. The second-order valence-corrected chi connectivity index (χ2v) is 13.1. The van der Waals surface area contributed by atoms with Gasteiger partial charge in [0, 0.05) is 4.47 Å². The van der Waals surface area contributed by atoms with Crippen LogP contribution in [-0.2, 0) is 10.8 Å². The molecule has 0 N–H and O–H groups in total. The number of hydrogen-bond donors (Lipinski definition) is 0. The summed E-state index contributed by atoms with van der Waals surface area (Å²) in [5.41, 5.74) is 1.87. The number of benzene rings is 1. The molecule has 4 heteroatoms. The van der Waals surface area contributed by atoms with E-state index in [1.165, 1.54) is 0 Å². The minimum absolute atomic E-state index is 0.0258. The summed E-state index contributed by atoms with van der Waals surface area (Å²) < 4.78 is 21.5. The summed E-state index contributed by atoms with van der Waals surface area (Å²) in [6, 6.07) is 3.58. The van der Waals surface area contributed by atoms with Gasteiger partial charge in [-0.2, -0.15) is 0 Å². The van der Waals surface area contributed by atoms with Crippen molar-refractivity contribution in [2.75, 3.05) is 0 Å². The van der Waals surface area contributed by atoms with E-state index < -0.39 is 8.32 Å². The maximum Gasteiger partial charge on any atom is 0.192 e. The number of rotatable bonds is 2. The first-order valence-corrected chi connectivity index (χ1v) is 10.9. The lowest BCUT2D eigenvalue weighted by Gasteiger charge is -2.39. The average Bonchev–Trinajstić information content (AvgIpc) is 2.55. The van der Waals surface area contributed by atoms with Crippen molar-refractivity contribution in [2.45, 2.75) is 58.4 Å². The van der Waals surface area contributed by atoms with E-state index in [-0.39, 0.29) is 17.0 Å². The first-order chi connectivity index (χ1) is 9.03. The molecule has 0 aliphatic heterocycles. The van der Waals surface area contributed by atoms with Crippen LogP contribution in [0.5, 0.6) is 0 Å². The maximum atomic E-state index is 14.1. The van der Waals surface area contributed by atoms with Gasteiger partial charge in [0.15, 0.2) is 8.32 Å². The molecule has 2 rings (SSSR count). The van der Waals surface area contributed by atoms with Crippen molar-refractivity contribution in [1.29, 1.82) is 0 Å². The van der Waals surface area contributed by atoms with Gasteiger partial charge in [-0.3, -0.25) is 0 Å². The summed E-state index contributed by atoms with van der Waals surface area (Å²) in [6.45, 7) is 13.4. The molecule has 0 saturated heterocycles. The standard InChI is InChI=1S/C16H24BrFOSi/c1-10-7-12-13(8-11(17)9-14(12)18)15(10)19-20(5,6)16(2,3)4/h8-10,15H,7H2,1-6H3. The fraction of sp³-hybridized carbons (Fsp3) is 0.625. The summed E-state index contributed by atoms with van der Waals surface area (Å²) in [7, 11) is -1.85. The van der Waals surface area contributed by atoms with Crippen molar-refractivity contribution in [3.63, 3.8) is 0 Å². The molecule has 1 aromatic carbocycles. The predicted octanol–water partition coefficient (Wildman–Crippen LogP) is 5.84. The largest absolute Gasteiger partial charge is 0.410 e. The second-order valence-electron chi connectivity index (χ2n) is 7.44. The minimum atomic E-state index is -1.85. The zero-order valence-corrected chi connectivity index (χ0v) is 15.8. The Bertz CT molecular complexity index is 522. The van der Waals surface area contributed by atoms with E-state index in [2.05, 4.69) is 56.7 Å². The normalized spacial score (nSPS) is 23.0. The Kier molecular flexibility index (Phi) is 4.22. The lowest BCUT2D eigenvalue weighted by Crippen LogP contribution is -2.42. The van der Waals surface area contributed by atoms with Gasteiger partial charge in [-0.25, -0.2) is 4.39 Å². The van der Waals surface area contributed by atoms with Gasteiger partial charge in [0.05, 0.1) is 6.10 Å². The molecule has 1 aromatic rings. The van der Waals surface area contributed by atoms with Crippen molar-refractivity contribution in [3.05, 3.63) is 33.5 Å². The van der Waals surface area contributed by atoms with Crippen LogP contribution in [0.4, 0.5) is 4.39 Å². The van der Waals surface area contributed by atoms with E-state index in [0.717, 1.165) is 22.0 Å². The van der Waals surface area contributed by atoms with Gasteiger partial charge in [0.25, 0.3) is 0 Å². The van der Waals surface area contributed by atoms with Crippen LogP contribution in [0.1, 0.15) is 44.9 Å². The minimum Gasteiger partial charge on any atom is -0.410 e. The zero-order chi connectivity index (χ0) is 15.3. The highest BCUT2D eigenvalue weighted by Gasteiger charge is 2.43. The van der Waals surface area contributed by atoms with E-state index in [1.54, 1.807) is 6.07 Å². The van der Waals surface area contributed by atoms with Crippen molar-refractivity contribution in [3.8, 4) is 0 Å². The number of hydrogen-bond acceptors (Lipinski definition) is 1. The lowest BCUT2D eigenvalue weighted by molar-refractivity contribution is 0.141. The SMILES string of the molecule is CC1Cc2c(F)cc(Br)cc2C1O[Si](C)(C)C(C)(C)C. The third-order valence-electron chi connectivity index (χ3n) is 4.77. The van der Waals surface area contributed by atoms with Gasteiger partial charge in [0.2, 0.25) is 0 Å². The molecule has 1 aliphatic rings. The Morgan fingerprint density at radius 1 is 1.30 bits per heavy atom. The lowest BCUT2D eigenvalue weighted by atomic mass is 10.1. The third kappa shape index (κ3) is 2.88. The van der Waals surface area contributed by atoms with Gasteiger partial charge >= 0.3 is 0 Å². The van der Waals surface area contributed by atoms with Gasteiger partial charge in [-0.05, 0) is 53.7 Å². The van der Waals surface area contributed by atoms with Crippen LogP contribution in [0.25, 0.3) is 0 Å². The van der Waals surface area contributed by atoms with Gasteiger partial charge in [-0.15, -0.1) is 0 Å². The zero-order valence-electron chi connectivity index (χ0n) is 13.2. The molecule has 1 aliphatic carbocycles. The van der Waals surface area contributed by atoms with Crippen LogP contribution in [-0.4, -0.2) is 8.32 Å². The molecule has 0 radical (unpaired) electrons. The van der Waals surface area contributed by atoms with Crippen LogP contribution in [0.3, 0.4) is 0 Å². The Morgan fingerprint density at radius 3 is 2.45 bits per heavy atom. The van der Waals surface area contributed by atoms with E-state index in [4.69, 9.17) is 4.43 Å². The quantitative estimate of drug-likeness (QED) is 0.603. The molecular weight excluding hydrogens is 335 g/mol. The highest BCUT2D eigenvalue weighted by atomic mass is 79.9. The molecule has 20 heavy (non-hydrogen) atoms. The molecular formula is C16H24BrFOSi. The number of fused-ring (bicyclic) bond motifs is 1. The first kappa shape index (κ1) is 16.2. The summed E-state index contributed by atoms with van der Waals surface area (Å²) >= 11 is 3.40. The molecule has 0 heterocycles. The molecule has 0 spiro atoms. The van der Waals surface area contributed by atoms with E-state index in [1.807, 2.05) is 6.07 Å². The maximum absolute atomic E-state index is 14.1. The summed E-state index contributed by atoms with van der Waals surface area (Å²) in [5, 5.41) is 0.167. The summed E-state index contributed by atoms with van der Waals surface area (Å²) in [5.74, 6) is 0.227. The van der Waals surface area contributed by atoms with Gasteiger partial charge in [-0.1, -0.05) is 43.6 Å². The predicted molar refractivity (Wildman–Crippen MR) is 88.0 cm³/mol. The van der Waals surface area contributed by atoms with E-state index in [0.29, 0.717) is 5.92 Å². The van der Waals surface area contributed by atoms with E-state index >= 15 is 0 Å². The highest BCUT2D eigenvalue weighted by Crippen LogP contribution is 2.46. The van der Waals surface area contributed by atoms with Crippen LogP contribution in [0.2, 0.25) is 18.1 Å². The van der Waals surface area contributed by atoms with Crippen LogP contribution >= 0.6 is 15.9 Å². The van der Waals surface area contributed by atoms with Crippen LogP contribution in [0, 0.1) is 11.7 Å². The highest BCUT2D eigenvalue weighted by molar-refractivity contribution is 9.10. The monoisotopic (exact) mass is 358 g/mol. The Morgan fingerprint density at radius 2 is 1.90 bits per heavy atom. The molecule has 2 atom stereocenters. The fourth-order valence-electron chi connectivity index (χ4n) is 2.50. The van der Waals surface area contributed by atoms with Crippen molar-refractivity contribution in [1.82, 2.24) is 0 Å². The van der Waals surface area contributed by atoms with Crippen LogP contribution in [0.15, 0.2) is 16.6 Å². The Labute approximate surface area is 131 Å². The molecule has 2 unspecified atom stereocenters. The molecule has 0 fully saturated rings. The molecule has 112 valence electrons. The number of halogens is 2. The van der Waals surface area contributed by atoms with Gasteiger partial charge < -0.3 is 4.43 Å². The summed E-state index contributed by atoms with van der Waals surface area (Å²) in [4.78, 5) is 0. The van der Waals surface area contributed by atoms with E-state index in [9.17, 15) is 4.39 Å². The summed E-state index contributed by atoms with van der Waals surface area (Å²) in [6.07, 6.45) is 0.797.